The van der Waals surface area contributed by atoms with E-state index in [2.05, 4.69) is 46.5 Å². The van der Waals surface area contributed by atoms with Crippen molar-refractivity contribution in [2.45, 2.75) is 38.5 Å². The third kappa shape index (κ3) is 4.16. The van der Waals surface area contributed by atoms with Gasteiger partial charge in [-0.25, -0.2) is 14.6 Å². The maximum absolute atomic E-state index is 11.9. The van der Waals surface area contributed by atoms with Crippen LogP contribution in [0.3, 0.4) is 0 Å². The first-order valence-corrected chi connectivity index (χ1v) is 9.51. The number of amides is 1. The van der Waals surface area contributed by atoms with Crippen molar-refractivity contribution < 1.29 is 9.21 Å². The van der Waals surface area contributed by atoms with Crippen LogP contribution < -0.4 is 10.6 Å². The fraction of sp³-hybridized carbons (Fsp3) is 0.412. The summed E-state index contributed by atoms with van der Waals surface area (Å²) in [5.41, 5.74) is 0.756. The third-order valence-electron chi connectivity index (χ3n) is 3.53. The zero-order valence-corrected chi connectivity index (χ0v) is 15.8. The molecule has 0 aliphatic carbocycles. The SMILES string of the molecule is CCSc1nc(NC(C)C)c2cnn(CCNC(=O)c3ccco3)c2n1. The maximum Gasteiger partial charge on any atom is 0.287 e. The summed E-state index contributed by atoms with van der Waals surface area (Å²) in [6, 6.07) is 3.57. The van der Waals surface area contributed by atoms with Crippen molar-refractivity contribution >= 4 is 34.5 Å². The average Bonchev–Trinajstić information content (AvgIpc) is 3.25. The predicted octanol–water partition coefficient (Wildman–Crippen LogP) is 2.78. The topological polar surface area (TPSA) is 97.9 Å². The number of furan rings is 1. The number of carbonyl (C=O) groups is 1. The van der Waals surface area contributed by atoms with E-state index >= 15 is 0 Å². The highest BCUT2D eigenvalue weighted by Gasteiger charge is 2.14. The van der Waals surface area contributed by atoms with Gasteiger partial charge >= 0.3 is 0 Å². The predicted molar refractivity (Wildman–Crippen MR) is 102 cm³/mol. The molecular weight excluding hydrogens is 352 g/mol. The lowest BCUT2D eigenvalue weighted by atomic mass is 10.3. The van der Waals surface area contributed by atoms with Crippen LogP contribution in [0.25, 0.3) is 11.0 Å². The molecule has 3 rings (SSSR count). The Morgan fingerprint density at radius 1 is 1.38 bits per heavy atom. The third-order valence-corrected chi connectivity index (χ3v) is 4.26. The standard InChI is InChI=1S/C17H22N6O2S/c1-4-26-17-21-14(20-11(2)3)12-10-19-23(15(12)22-17)8-7-18-16(24)13-6-5-9-25-13/h5-6,9-11H,4,7-8H2,1-3H3,(H,18,24)(H,20,21,22). The number of hydrogen-bond donors (Lipinski definition) is 2. The normalized spacial score (nSPS) is 11.2. The summed E-state index contributed by atoms with van der Waals surface area (Å²) in [5, 5.41) is 12.2. The number of hydrogen-bond acceptors (Lipinski definition) is 7. The minimum Gasteiger partial charge on any atom is -0.459 e. The molecule has 0 saturated carbocycles. The fourth-order valence-electron chi connectivity index (χ4n) is 2.45. The zero-order valence-electron chi connectivity index (χ0n) is 15.0. The van der Waals surface area contributed by atoms with Crippen LogP contribution in [0.5, 0.6) is 0 Å². The van der Waals surface area contributed by atoms with Gasteiger partial charge in [-0.3, -0.25) is 4.79 Å². The number of nitrogens with zero attached hydrogens (tertiary/aromatic N) is 4. The summed E-state index contributed by atoms with van der Waals surface area (Å²) < 4.78 is 6.86. The van der Waals surface area contributed by atoms with Gasteiger partial charge in [0, 0.05) is 12.6 Å². The summed E-state index contributed by atoms with van der Waals surface area (Å²) in [6.45, 7) is 7.12. The molecule has 0 fully saturated rings. The van der Waals surface area contributed by atoms with Crippen LogP contribution in [-0.4, -0.2) is 44.0 Å². The Hall–Kier alpha value is -2.55. The lowest BCUT2D eigenvalue weighted by molar-refractivity contribution is 0.0924. The second kappa shape index (κ2) is 8.22. The van der Waals surface area contributed by atoms with Crippen molar-refractivity contribution in [2.24, 2.45) is 0 Å². The molecule has 0 aliphatic heterocycles. The van der Waals surface area contributed by atoms with E-state index in [1.54, 1.807) is 34.8 Å². The van der Waals surface area contributed by atoms with Crippen molar-refractivity contribution in [3.63, 3.8) is 0 Å². The molecule has 2 N–H and O–H groups in total. The highest BCUT2D eigenvalue weighted by Crippen LogP contribution is 2.24. The first kappa shape index (κ1) is 18.2. The molecule has 0 aliphatic rings. The van der Waals surface area contributed by atoms with Gasteiger partial charge in [0.25, 0.3) is 5.91 Å². The molecule has 3 heterocycles. The summed E-state index contributed by atoms with van der Waals surface area (Å²) in [5.74, 6) is 1.72. The second-order valence-corrected chi connectivity index (χ2v) is 7.16. The molecule has 1 amide bonds. The number of carbonyl (C=O) groups excluding carboxylic acids is 1. The van der Waals surface area contributed by atoms with Crippen molar-refractivity contribution in [1.29, 1.82) is 0 Å². The number of anilines is 1. The van der Waals surface area contributed by atoms with E-state index < -0.39 is 0 Å². The number of thioether (sulfide) groups is 1. The molecule has 3 aromatic heterocycles. The smallest absolute Gasteiger partial charge is 0.287 e. The van der Waals surface area contributed by atoms with E-state index in [0.29, 0.717) is 24.0 Å². The van der Waals surface area contributed by atoms with Crippen LogP contribution in [0, 0.1) is 0 Å². The first-order chi connectivity index (χ1) is 12.6. The van der Waals surface area contributed by atoms with Gasteiger partial charge in [0.1, 0.15) is 5.82 Å². The molecule has 0 unspecified atom stereocenters. The molecule has 0 aromatic carbocycles. The number of fused-ring (bicyclic) bond motifs is 1. The Morgan fingerprint density at radius 3 is 2.92 bits per heavy atom. The van der Waals surface area contributed by atoms with Crippen LogP contribution in [0.2, 0.25) is 0 Å². The van der Waals surface area contributed by atoms with Crippen molar-refractivity contribution in [3.05, 3.63) is 30.4 Å². The zero-order chi connectivity index (χ0) is 18.5. The molecule has 0 saturated heterocycles. The number of nitrogens with one attached hydrogen (secondary N) is 2. The van der Waals surface area contributed by atoms with E-state index in [0.717, 1.165) is 22.6 Å². The van der Waals surface area contributed by atoms with E-state index in [9.17, 15) is 4.79 Å². The lowest BCUT2D eigenvalue weighted by Crippen LogP contribution is -2.27. The molecule has 138 valence electrons. The average molecular weight is 374 g/mol. The lowest BCUT2D eigenvalue weighted by Gasteiger charge is -2.11. The van der Waals surface area contributed by atoms with E-state index in [1.165, 1.54) is 6.26 Å². The van der Waals surface area contributed by atoms with Crippen LogP contribution in [0.4, 0.5) is 5.82 Å². The van der Waals surface area contributed by atoms with Crippen LogP contribution in [0.15, 0.2) is 34.2 Å². The van der Waals surface area contributed by atoms with Gasteiger partial charge in [0.15, 0.2) is 16.6 Å². The summed E-state index contributed by atoms with van der Waals surface area (Å²) >= 11 is 1.59. The van der Waals surface area contributed by atoms with Gasteiger partial charge in [-0.05, 0) is 31.7 Å². The Morgan fingerprint density at radius 2 is 2.23 bits per heavy atom. The molecule has 26 heavy (non-hydrogen) atoms. The largest absolute Gasteiger partial charge is 0.459 e. The molecule has 3 aromatic rings. The second-order valence-electron chi connectivity index (χ2n) is 5.93. The Bertz CT molecular complexity index is 875. The van der Waals surface area contributed by atoms with E-state index in [4.69, 9.17) is 4.42 Å². The summed E-state index contributed by atoms with van der Waals surface area (Å²) in [4.78, 5) is 21.2. The summed E-state index contributed by atoms with van der Waals surface area (Å²) in [6.07, 6.45) is 3.23. The Kier molecular flexibility index (Phi) is 5.77. The van der Waals surface area contributed by atoms with E-state index in [-0.39, 0.29) is 11.9 Å². The monoisotopic (exact) mass is 374 g/mol. The Labute approximate surface area is 155 Å². The molecule has 8 nitrogen and oxygen atoms in total. The molecule has 0 bridgehead atoms. The molecular formula is C17H22N6O2S. The minimum absolute atomic E-state index is 0.245. The van der Waals surface area contributed by atoms with Gasteiger partial charge < -0.3 is 15.1 Å². The van der Waals surface area contributed by atoms with E-state index in [1.807, 2.05) is 0 Å². The quantitative estimate of drug-likeness (QED) is 0.462. The van der Waals surface area contributed by atoms with Gasteiger partial charge in [0.2, 0.25) is 0 Å². The molecule has 0 spiro atoms. The molecule has 9 heteroatoms. The fourth-order valence-corrected chi connectivity index (χ4v) is 3.01. The number of aromatic nitrogens is 4. The van der Waals surface area contributed by atoms with Gasteiger partial charge in [-0.15, -0.1) is 0 Å². The highest BCUT2D eigenvalue weighted by molar-refractivity contribution is 7.99. The molecule has 0 radical (unpaired) electrons. The van der Waals surface area contributed by atoms with Crippen LogP contribution in [-0.2, 0) is 6.54 Å². The highest BCUT2D eigenvalue weighted by atomic mass is 32.2. The Balaban J connectivity index is 1.77. The number of rotatable bonds is 8. The minimum atomic E-state index is -0.245. The van der Waals surface area contributed by atoms with Crippen LogP contribution >= 0.6 is 11.8 Å². The van der Waals surface area contributed by atoms with Crippen LogP contribution in [0.1, 0.15) is 31.3 Å². The first-order valence-electron chi connectivity index (χ1n) is 8.53. The van der Waals surface area contributed by atoms with Crippen molar-refractivity contribution in [3.8, 4) is 0 Å². The molecule has 0 atom stereocenters. The van der Waals surface area contributed by atoms with Gasteiger partial charge in [-0.2, -0.15) is 5.10 Å². The van der Waals surface area contributed by atoms with Gasteiger partial charge in [0.05, 0.1) is 24.4 Å². The van der Waals surface area contributed by atoms with Crippen molar-refractivity contribution in [2.75, 3.05) is 17.6 Å². The van der Waals surface area contributed by atoms with Gasteiger partial charge in [-0.1, -0.05) is 18.7 Å². The maximum atomic E-state index is 11.9. The van der Waals surface area contributed by atoms with Crippen molar-refractivity contribution in [1.82, 2.24) is 25.1 Å². The summed E-state index contributed by atoms with van der Waals surface area (Å²) in [7, 11) is 0.